The maximum atomic E-state index is 9.04. The van der Waals surface area contributed by atoms with Crippen molar-refractivity contribution in [2.24, 2.45) is 5.92 Å². The summed E-state index contributed by atoms with van der Waals surface area (Å²) in [5, 5.41) is 10.6. The molecule has 0 saturated carbocycles. The third-order valence-corrected chi connectivity index (χ3v) is 4.92. The van der Waals surface area contributed by atoms with E-state index < -0.39 is 0 Å². The second-order valence-corrected chi connectivity index (χ2v) is 5.91. The zero-order chi connectivity index (χ0) is 11.8. The predicted molar refractivity (Wildman–Crippen MR) is 69.6 cm³/mol. The van der Waals surface area contributed by atoms with E-state index in [1.807, 2.05) is 0 Å². The number of aliphatic hydroxyl groups excluding tert-OH is 1. The van der Waals surface area contributed by atoms with Crippen LogP contribution in [0.15, 0.2) is 6.33 Å². The van der Waals surface area contributed by atoms with Crippen LogP contribution in [0, 0.1) is 5.92 Å². The van der Waals surface area contributed by atoms with Gasteiger partial charge in [-0.05, 0) is 37.2 Å². The Hall–Kier alpha value is -0.710. The van der Waals surface area contributed by atoms with E-state index in [-0.39, 0.29) is 6.61 Å². The quantitative estimate of drug-likeness (QED) is 0.852. The van der Waals surface area contributed by atoms with Crippen LogP contribution in [0.5, 0.6) is 0 Å². The number of hydrogen-bond acceptors (Lipinski definition) is 4. The molecule has 0 aliphatic heterocycles. The smallest absolute Gasteiger partial charge is 0.141 e. The number of halogens is 1. The molecule has 2 aromatic rings. The first-order chi connectivity index (χ1) is 8.29. The molecule has 0 unspecified atom stereocenters. The van der Waals surface area contributed by atoms with Crippen LogP contribution in [-0.2, 0) is 12.8 Å². The summed E-state index contributed by atoms with van der Waals surface area (Å²) in [6.07, 6.45) is 5.64. The molecule has 0 aromatic carbocycles. The van der Waals surface area contributed by atoms with Crippen LogP contribution >= 0.6 is 22.9 Å². The number of aryl methyl sites for hydroxylation is 1. The second kappa shape index (κ2) is 4.52. The standard InChI is InChI=1S/C12H13ClN2OS/c13-11-10-8-5-7(3-4-16)1-2-9(8)17-12(10)15-6-14-11/h6-7,16H,1-5H2/t7-/m1/s1. The van der Waals surface area contributed by atoms with Gasteiger partial charge < -0.3 is 5.11 Å². The number of fused-ring (bicyclic) bond motifs is 3. The summed E-state index contributed by atoms with van der Waals surface area (Å²) >= 11 is 7.90. The van der Waals surface area contributed by atoms with Gasteiger partial charge >= 0.3 is 0 Å². The Morgan fingerprint density at radius 2 is 2.35 bits per heavy atom. The van der Waals surface area contributed by atoms with Crippen LogP contribution in [0.25, 0.3) is 10.2 Å². The third-order valence-electron chi connectivity index (χ3n) is 3.43. The van der Waals surface area contributed by atoms with Gasteiger partial charge in [0.25, 0.3) is 0 Å². The van der Waals surface area contributed by atoms with Gasteiger partial charge in [-0.2, -0.15) is 0 Å². The van der Waals surface area contributed by atoms with Crippen molar-refractivity contribution in [3.63, 3.8) is 0 Å². The van der Waals surface area contributed by atoms with E-state index in [2.05, 4.69) is 9.97 Å². The first kappa shape index (κ1) is 11.4. The fraction of sp³-hybridized carbons (Fsp3) is 0.500. The number of rotatable bonds is 2. The van der Waals surface area contributed by atoms with E-state index in [1.165, 1.54) is 16.8 Å². The highest BCUT2D eigenvalue weighted by Gasteiger charge is 2.24. The normalized spacial score (nSPS) is 19.5. The highest BCUT2D eigenvalue weighted by molar-refractivity contribution is 7.19. The van der Waals surface area contributed by atoms with Crippen LogP contribution in [0.1, 0.15) is 23.3 Å². The van der Waals surface area contributed by atoms with Crippen molar-refractivity contribution in [2.45, 2.75) is 25.7 Å². The SMILES string of the molecule is OCC[C@H]1CCc2sc3ncnc(Cl)c3c2C1. The zero-order valence-electron chi connectivity index (χ0n) is 9.32. The molecule has 0 bridgehead atoms. The van der Waals surface area contributed by atoms with Gasteiger partial charge in [0, 0.05) is 11.5 Å². The fourth-order valence-electron chi connectivity index (χ4n) is 2.57. The zero-order valence-corrected chi connectivity index (χ0v) is 10.9. The molecule has 1 N–H and O–H groups in total. The molecule has 0 saturated heterocycles. The molecule has 1 aliphatic carbocycles. The number of thiophene rings is 1. The van der Waals surface area contributed by atoms with Crippen molar-refractivity contribution in [1.29, 1.82) is 0 Å². The first-order valence-electron chi connectivity index (χ1n) is 5.81. The molecule has 2 heterocycles. The lowest BCUT2D eigenvalue weighted by Crippen LogP contribution is -2.13. The number of nitrogens with zero attached hydrogens (tertiary/aromatic N) is 2. The van der Waals surface area contributed by atoms with E-state index >= 15 is 0 Å². The number of aliphatic hydroxyl groups is 1. The molecule has 2 aromatic heterocycles. The minimum atomic E-state index is 0.270. The van der Waals surface area contributed by atoms with Gasteiger partial charge in [-0.15, -0.1) is 11.3 Å². The minimum absolute atomic E-state index is 0.270. The Morgan fingerprint density at radius 1 is 1.47 bits per heavy atom. The molecule has 0 fully saturated rings. The van der Waals surface area contributed by atoms with Crippen LogP contribution in [0.4, 0.5) is 0 Å². The van der Waals surface area contributed by atoms with Gasteiger partial charge in [0.15, 0.2) is 0 Å². The average molecular weight is 269 g/mol. The highest BCUT2D eigenvalue weighted by Crippen LogP contribution is 2.40. The average Bonchev–Trinajstić information content (AvgIpc) is 2.68. The molecule has 1 aliphatic rings. The van der Waals surface area contributed by atoms with Crippen molar-refractivity contribution >= 4 is 33.2 Å². The number of aromatic nitrogens is 2. The summed E-state index contributed by atoms with van der Waals surface area (Å²) in [4.78, 5) is 10.8. The molecule has 1 atom stereocenters. The lowest BCUT2D eigenvalue weighted by atomic mass is 9.85. The summed E-state index contributed by atoms with van der Waals surface area (Å²) in [6.45, 7) is 0.270. The molecule has 3 rings (SSSR count). The lowest BCUT2D eigenvalue weighted by Gasteiger charge is -2.21. The maximum absolute atomic E-state index is 9.04. The van der Waals surface area contributed by atoms with Crippen molar-refractivity contribution in [2.75, 3.05) is 6.61 Å². The maximum Gasteiger partial charge on any atom is 0.141 e. The highest BCUT2D eigenvalue weighted by atomic mass is 35.5. The third kappa shape index (κ3) is 1.94. The minimum Gasteiger partial charge on any atom is -0.396 e. The summed E-state index contributed by atoms with van der Waals surface area (Å²) in [6, 6.07) is 0. The number of hydrogen-bond donors (Lipinski definition) is 1. The molecule has 17 heavy (non-hydrogen) atoms. The molecule has 90 valence electrons. The molecule has 3 nitrogen and oxygen atoms in total. The topological polar surface area (TPSA) is 46.0 Å². The first-order valence-corrected chi connectivity index (χ1v) is 7.00. The van der Waals surface area contributed by atoms with Crippen molar-refractivity contribution in [3.05, 3.63) is 21.9 Å². The summed E-state index contributed by atoms with van der Waals surface area (Å²) in [7, 11) is 0. The Labute approximate surface area is 108 Å². The Balaban J connectivity index is 2.08. The van der Waals surface area contributed by atoms with Crippen molar-refractivity contribution in [3.8, 4) is 0 Å². The largest absolute Gasteiger partial charge is 0.396 e. The van der Waals surface area contributed by atoms with E-state index in [9.17, 15) is 0 Å². The molecule has 0 amide bonds. The van der Waals surface area contributed by atoms with E-state index in [0.29, 0.717) is 11.1 Å². The molecular weight excluding hydrogens is 256 g/mol. The van der Waals surface area contributed by atoms with Gasteiger partial charge in [-0.3, -0.25) is 0 Å². The summed E-state index contributed by atoms with van der Waals surface area (Å²) in [5.41, 5.74) is 1.32. The van der Waals surface area contributed by atoms with Crippen LogP contribution in [0.3, 0.4) is 0 Å². The molecule has 5 heteroatoms. The second-order valence-electron chi connectivity index (χ2n) is 4.47. The van der Waals surface area contributed by atoms with Crippen LogP contribution in [-0.4, -0.2) is 21.7 Å². The Morgan fingerprint density at radius 3 is 3.18 bits per heavy atom. The Kier molecular flexibility index (Phi) is 3.03. The molecule has 0 radical (unpaired) electrons. The fourth-order valence-corrected chi connectivity index (χ4v) is 4.06. The van der Waals surface area contributed by atoms with Crippen molar-refractivity contribution < 1.29 is 5.11 Å². The van der Waals surface area contributed by atoms with Crippen molar-refractivity contribution in [1.82, 2.24) is 9.97 Å². The predicted octanol–water partition coefficient (Wildman–Crippen LogP) is 2.83. The van der Waals surface area contributed by atoms with E-state index in [1.54, 1.807) is 11.3 Å². The van der Waals surface area contributed by atoms with E-state index in [0.717, 1.165) is 35.9 Å². The van der Waals surface area contributed by atoms with Gasteiger partial charge in [0.1, 0.15) is 16.3 Å². The van der Waals surface area contributed by atoms with Gasteiger partial charge in [0.05, 0.1) is 5.39 Å². The molecule has 0 spiro atoms. The van der Waals surface area contributed by atoms with Crippen LogP contribution in [0.2, 0.25) is 5.15 Å². The monoisotopic (exact) mass is 268 g/mol. The Bertz CT molecular complexity index is 555. The van der Waals surface area contributed by atoms with Crippen LogP contribution < -0.4 is 0 Å². The molecular formula is C12H13ClN2OS. The van der Waals surface area contributed by atoms with E-state index in [4.69, 9.17) is 16.7 Å². The van der Waals surface area contributed by atoms with Gasteiger partial charge in [0.2, 0.25) is 0 Å². The summed E-state index contributed by atoms with van der Waals surface area (Å²) < 4.78 is 0. The van der Waals surface area contributed by atoms with Gasteiger partial charge in [-0.1, -0.05) is 11.6 Å². The lowest BCUT2D eigenvalue weighted by molar-refractivity contribution is 0.249. The summed E-state index contributed by atoms with van der Waals surface area (Å²) in [5.74, 6) is 0.571. The van der Waals surface area contributed by atoms with Gasteiger partial charge in [-0.25, -0.2) is 9.97 Å².